The topological polar surface area (TPSA) is 13.1 Å². The van der Waals surface area contributed by atoms with E-state index in [9.17, 15) is 0 Å². The Hall–Kier alpha value is -3.95. The minimum absolute atomic E-state index is 0.514. The summed E-state index contributed by atoms with van der Waals surface area (Å²) in [6, 6.07) is 41.5. The molecule has 0 amide bonds. The quantitative estimate of drug-likeness (QED) is 0.124. The molecular weight excluding hydrogens is 539 g/mol. The van der Waals surface area contributed by atoms with Gasteiger partial charge in [0.2, 0.25) is 17.1 Å². The number of nitrogens with zero attached hydrogens (tertiary/aromatic N) is 1. The highest BCUT2D eigenvalue weighted by atomic mass is 28.4. The second-order valence-corrected chi connectivity index (χ2v) is 18.2. The lowest BCUT2D eigenvalue weighted by atomic mass is 9.98. The second-order valence-electron chi connectivity index (χ2n) is 12.8. The minimum Gasteiger partial charge on any atom is -0.542 e. The number of aryl methyl sites for hydroxylation is 2. The molecule has 43 heavy (non-hydrogen) atoms. The first-order valence-corrected chi connectivity index (χ1v) is 17.8. The Labute approximate surface area is 260 Å². The largest absolute Gasteiger partial charge is 0.542 e. The fraction of sp³-hybridized carbons (Fsp3) is 0.275. The van der Waals surface area contributed by atoms with E-state index in [4.69, 9.17) is 4.43 Å². The summed E-state index contributed by atoms with van der Waals surface area (Å²) in [7, 11) is -2.11. The Morgan fingerprint density at radius 2 is 0.860 bits per heavy atom. The van der Waals surface area contributed by atoms with Crippen LogP contribution in [-0.2, 0) is 0 Å². The summed E-state index contributed by atoms with van der Waals surface area (Å²) in [5, 5.41) is 0. The molecule has 0 bridgehead atoms. The number of pyridine rings is 1. The van der Waals surface area contributed by atoms with Crippen molar-refractivity contribution in [2.24, 2.45) is 0 Å². The Balaban J connectivity index is 1.78. The third-order valence-corrected chi connectivity index (χ3v) is 15.0. The van der Waals surface area contributed by atoms with E-state index in [1.54, 1.807) is 0 Å². The van der Waals surface area contributed by atoms with E-state index < -0.39 is 8.32 Å². The lowest BCUT2D eigenvalue weighted by molar-refractivity contribution is -0.572. The standard InChI is InChI=1S/C40H46NOSi/c1-28(2)43(29(3)4,30(5)6)42-40-31(7)24-37(25-32(40)8)41-38(34-20-14-10-15-21-34)26-36(33-18-12-9-13-19-33)27-39(41)35-22-16-11-17-23-35/h9-30H,1-8H3/q+1. The highest BCUT2D eigenvalue weighted by Gasteiger charge is 2.47. The molecule has 0 unspecified atom stereocenters. The molecule has 2 nitrogen and oxygen atoms in total. The van der Waals surface area contributed by atoms with E-state index in [0.29, 0.717) is 16.6 Å². The highest BCUT2D eigenvalue weighted by molar-refractivity contribution is 6.78. The predicted molar refractivity (Wildman–Crippen MR) is 185 cm³/mol. The zero-order chi connectivity index (χ0) is 30.7. The van der Waals surface area contributed by atoms with Crippen molar-refractivity contribution < 1.29 is 8.99 Å². The Morgan fingerprint density at radius 1 is 0.488 bits per heavy atom. The molecule has 5 aromatic rings. The van der Waals surface area contributed by atoms with Gasteiger partial charge in [0.15, 0.2) is 0 Å². The summed E-state index contributed by atoms with van der Waals surface area (Å²) < 4.78 is 9.70. The molecule has 0 aliphatic carbocycles. The molecule has 0 spiro atoms. The van der Waals surface area contributed by atoms with Crippen LogP contribution in [0.3, 0.4) is 0 Å². The van der Waals surface area contributed by atoms with Crippen LogP contribution in [0.1, 0.15) is 52.7 Å². The average Bonchev–Trinajstić information content (AvgIpc) is 3.01. The third kappa shape index (κ3) is 5.96. The van der Waals surface area contributed by atoms with Gasteiger partial charge in [-0.2, -0.15) is 4.57 Å². The van der Waals surface area contributed by atoms with E-state index in [1.165, 1.54) is 33.4 Å². The average molecular weight is 585 g/mol. The Kier molecular flexibility index (Phi) is 9.03. The van der Waals surface area contributed by atoms with Crippen LogP contribution < -0.4 is 8.99 Å². The van der Waals surface area contributed by atoms with Gasteiger partial charge in [0.25, 0.3) is 8.32 Å². The van der Waals surface area contributed by atoms with Crippen molar-refractivity contribution in [1.82, 2.24) is 0 Å². The molecule has 1 heterocycles. The molecule has 0 atom stereocenters. The Morgan fingerprint density at radius 3 is 1.23 bits per heavy atom. The van der Waals surface area contributed by atoms with Gasteiger partial charge in [-0.15, -0.1) is 0 Å². The number of hydrogen-bond donors (Lipinski definition) is 0. The first kappa shape index (κ1) is 30.5. The van der Waals surface area contributed by atoms with Gasteiger partial charge in [-0.1, -0.05) is 108 Å². The fourth-order valence-corrected chi connectivity index (χ4v) is 12.4. The van der Waals surface area contributed by atoms with Gasteiger partial charge in [-0.05, 0) is 77.0 Å². The lowest BCUT2D eigenvalue weighted by Crippen LogP contribution is -2.51. The van der Waals surface area contributed by atoms with Crippen molar-refractivity contribution in [3.05, 3.63) is 126 Å². The molecule has 0 N–H and O–H groups in total. The summed E-state index contributed by atoms with van der Waals surface area (Å²) in [4.78, 5) is 0. The van der Waals surface area contributed by atoms with Crippen LogP contribution in [0.15, 0.2) is 115 Å². The van der Waals surface area contributed by atoms with Crippen LogP contribution in [-0.4, -0.2) is 8.32 Å². The van der Waals surface area contributed by atoms with Crippen molar-refractivity contribution in [3.63, 3.8) is 0 Å². The van der Waals surface area contributed by atoms with Gasteiger partial charge < -0.3 is 4.43 Å². The van der Waals surface area contributed by atoms with E-state index in [0.717, 1.165) is 22.8 Å². The molecule has 0 aliphatic heterocycles. The summed E-state index contributed by atoms with van der Waals surface area (Å²) in [6.45, 7) is 18.6. The molecule has 0 fully saturated rings. The van der Waals surface area contributed by atoms with Crippen LogP contribution in [0, 0.1) is 13.8 Å². The zero-order valence-electron chi connectivity index (χ0n) is 27.1. The summed E-state index contributed by atoms with van der Waals surface area (Å²) in [5.41, 5.74) is 12.1. The maximum absolute atomic E-state index is 7.28. The molecule has 0 saturated carbocycles. The number of aromatic nitrogens is 1. The molecule has 0 aliphatic rings. The van der Waals surface area contributed by atoms with E-state index in [1.807, 2.05) is 0 Å². The smallest absolute Gasteiger partial charge is 0.258 e. The van der Waals surface area contributed by atoms with Gasteiger partial charge in [-0.3, -0.25) is 0 Å². The van der Waals surface area contributed by atoms with E-state index in [2.05, 4.69) is 175 Å². The normalized spacial score (nSPS) is 11.9. The first-order chi connectivity index (χ1) is 20.6. The molecule has 3 heteroatoms. The highest BCUT2D eigenvalue weighted by Crippen LogP contribution is 2.44. The van der Waals surface area contributed by atoms with Gasteiger partial charge in [0.1, 0.15) is 5.75 Å². The van der Waals surface area contributed by atoms with Crippen LogP contribution in [0.25, 0.3) is 39.3 Å². The molecule has 0 radical (unpaired) electrons. The predicted octanol–water partition coefficient (Wildman–Crippen LogP) is 11.1. The second kappa shape index (κ2) is 12.7. The van der Waals surface area contributed by atoms with Crippen molar-refractivity contribution >= 4 is 8.32 Å². The van der Waals surface area contributed by atoms with Crippen LogP contribution in [0.4, 0.5) is 0 Å². The van der Waals surface area contributed by atoms with Gasteiger partial charge >= 0.3 is 0 Å². The minimum atomic E-state index is -2.11. The molecule has 4 aromatic carbocycles. The van der Waals surface area contributed by atoms with Crippen molar-refractivity contribution in [2.45, 2.75) is 72.0 Å². The number of benzene rings is 4. The molecule has 0 saturated heterocycles. The summed E-state index contributed by atoms with van der Waals surface area (Å²) >= 11 is 0. The zero-order valence-corrected chi connectivity index (χ0v) is 28.1. The fourth-order valence-electron chi connectivity index (χ4n) is 7.06. The van der Waals surface area contributed by atoms with E-state index >= 15 is 0 Å². The maximum atomic E-state index is 7.28. The number of rotatable bonds is 9. The van der Waals surface area contributed by atoms with Crippen LogP contribution >= 0.6 is 0 Å². The van der Waals surface area contributed by atoms with Crippen molar-refractivity contribution in [1.29, 1.82) is 0 Å². The molecule has 5 rings (SSSR count). The van der Waals surface area contributed by atoms with E-state index in [-0.39, 0.29) is 0 Å². The summed E-state index contributed by atoms with van der Waals surface area (Å²) in [6.07, 6.45) is 0. The molecule has 220 valence electrons. The SMILES string of the molecule is Cc1cc(-[n+]2c(-c3ccccc3)cc(-c3ccccc3)cc2-c2ccccc2)cc(C)c1O[Si](C(C)C)(C(C)C)C(C)C. The Bertz CT molecular complexity index is 1570. The summed E-state index contributed by atoms with van der Waals surface area (Å²) in [5.74, 6) is 1.07. The van der Waals surface area contributed by atoms with Crippen LogP contribution in [0.5, 0.6) is 5.75 Å². The van der Waals surface area contributed by atoms with Crippen molar-refractivity contribution in [3.8, 4) is 45.1 Å². The van der Waals surface area contributed by atoms with Crippen LogP contribution in [0.2, 0.25) is 16.6 Å². The monoisotopic (exact) mass is 584 g/mol. The first-order valence-electron chi connectivity index (χ1n) is 15.7. The third-order valence-electron chi connectivity index (χ3n) is 9.00. The van der Waals surface area contributed by atoms with Gasteiger partial charge in [0.05, 0.1) is 0 Å². The molecule has 1 aromatic heterocycles. The molecular formula is C40H46NOSi+. The van der Waals surface area contributed by atoms with Gasteiger partial charge in [-0.25, -0.2) is 0 Å². The van der Waals surface area contributed by atoms with Crippen molar-refractivity contribution in [2.75, 3.05) is 0 Å². The maximum Gasteiger partial charge on any atom is 0.258 e. The van der Waals surface area contributed by atoms with Gasteiger partial charge in [0, 0.05) is 35.4 Å². The lowest BCUT2D eigenvalue weighted by Gasteiger charge is -2.43. The number of hydrogen-bond acceptors (Lipinski definition) is 1.